The summed E-state index contributed by atoms with van der Waals surface area (Å²) in [5, 5.41) is 3.57. The van der Waals surface area contributed by atoms with E-state index in [1.54, 1.807) is 0 Å². The zero-order valence-electron chi connectivity index (χ0n) is 11.8. The minimum atomic E-state index is 0.871. The van der Waals surface area contributed by atoms with E-state index in [9.17, 15) is 0 Å². The Morgan fingerprint density at radius 2 is 1.89 bits per heavy atom. The number of hydrogen-bond acceptors (Lipinski definition) is 1. The summed E-state index contributed by atoms with van der Waals surface area (Å²) in [4.78, 5) is 0. The first-order valence-corrected chi connectivity index (χ1v) is 7.55. The lowest BCUT2D eigenvalue weighted by Crippen LogP contribution is -2.08. The molecule has 2 aromatic rings. The summed E-state index contributed by atoms with van der Waals surface area (Å²) in [6.45, 7) is 8.45. The van der Waals surface area contributed by atoms with Gasteiger partial charge < -0.3 is 9.88 Å². The number of benzene rings is 1. The van der Waals surface area contributed by atoms with E-state index in [1.807, 2.05) is 0 Å². The summed E-state index contributed by atoms with van der Waals surface area (Å²) in [6.07, 6.45) is 3.32. The van der Waals surface area contributed by atoms with Gasteiger partial charge in [-0.2, -0.15) is 0 Å². The maximum absolute atomic E-state index is 3.57. The standard InChI is InChI=1S/C16H21BrN2/c1-4-7-19-8-5-6-15(19)11-18-16-12(2)9-14(17)10-13(16)3/h5-6,8-10,18H,4,7,11H2,1-3H3. The summed E-state index contributed by atoms with van der Waals surface area (Å²) in [6, 6.07) is 8.61. The number of hydrogen-bond donors (Lipinski definition) is 1. The quantitative estimate of drug-likeness (QED) is 0.830. The molecule has 0 saturated carbocycles. The number of nitrogens with zero attached hydrogens (tertiary/aromatic N) is 1. The fraction of sp³-hybridized carbons (Fsp3) is 0.375. The van der Waals surface area contributed by atoms with Crippen LogP contribution >= 0.6 is 15.9 Å². The molecule has 0 aliphatic rings. The first kappa shape index (κ1) is 14.2. The highest BCUT2D eigenvalue weighted by Gasteiger charge is 2.05. The number of halogens is 1. The zero-order valence-corrected chi connectivity index (χ0v) is 13.4. The molecule has 1 N–H and O–H groups in total. The Labute approximate surface area is 124 Å². The number of anilines is 1. The highest BCUT2D eigenvalue weighted by Crippen LogP contribution is 2.25. The highest BCUT2D eigenvalue weighted by atomic mass is 79.9. The van der Waals surface area contributed by atoms with Gasteiger partial charge in [0.25, 0.3) is 0 Å². The van der Waals surface area contributed by atoms with E-state index in [4.69, 9.17) is 0 Å². The summed E-state index contributed by atoms with van der Waals surface area (Å²) in [7, 11) is 0. The van der Waals surface area contributed by atoms with Gasteiger partial charge in [0.05, 0.1) is 6.54 Å². The number of aryl methyl sites for hydroxylation is 3. The molecule has 0 atom stereocenters. The van der Waals surface area contributed by atoms with Crippen LogP contribution in [0.4, 0.5) is 5.69 Å². The summed E-state index contributed by atoms with van der Waals surface area (Å²) < 4.78 is 3.46. The lowest BCUT2D eigenvalue weighted by molar-refractivity contribution is 0.654. The smallest absolute Gasteiger partial charge is 0.0553 e. The van der Waals surface area contributed by atoms with Gasteiger partial charge in [-0.3, -0.25) is 0 Å². The minimum Gasteiger partial charge on any atom is -0.379 e. The number of nitrogens with one attached hydrogen (secondary N) is 1. The molecule has 0 amide bonds. The van der Waals surface area contributed by atoms with Crippen LogP contribution in [0.25, 0.3) is 0 Å². The van der Waals surface area contributed by atoms with E-state index < -0.39 is 0 Å². The van der Waals surface area contributed by atoms with Gasteiger partial charge in [-0.15, -0.1) is 0 Å². The van der Waals surface area contributed by atoms with Crippen molar-refractivity contribution in [2.75, 3.05) is 5.32 Å². The van der Waals surface area contributed by atoms with E-state index >= 15 is 0 Å². The molecule has 0 fully saturated rings. The molecule has 0 aliphatic carbocycles. The van der Waals surface area contributed by atoms with Crippen molar-refractivity contribution < 1.29 is 0 Å². The second-order valence-corrected chi connectivity index (χ2v) is 5.88. The van der Waals surface area contributed by atoms with E-state index in [-0.39, 0.29) is 0 Å². The van der Waals surface area contributed by atoms with Crippen molar-refractivity contribution in [3.63, 3.8) is 0 Å². The maximum Gasteiger partial charge on any atom is 0.0553 e. The number of aromatic nitrogens is 1. The third-order valence-electron chi connectivity index (χ3n) is 3.33. The van der Waals surface area contributed by atoms with Gasteiger partial charge >= 0.3 is 0 Å². The number of rotatable bonds is 5. The van der Waals surface area contributed by atoms with Gasteiger partial charge in [0.1, 0.15) is 0 Å². The van der Waals surface area contributed by atoms with Crippen LogP contribution in [0.1, 0.15) is 30.2 Å². The average molecular weight is 321 g/mol. The molecule has 0 spiro atoms. The molecule has 102 valence electrons. The van der Waals surface area contributed by atoms with Crippen molar-refractivity contribution in [3.05, 3.63) is 51.8 Å². The van der Waals surface area contributed by atoms with Crippen molar-refractivity contribution >= 4 is 21.6 Å². The van der Waals surface area contributed by atoms with Crippen LogP contribution in [0.3, 0.4) is 0 Å². The van der Waals surface area contributed by atoms with E-state index in [0.29, 0.717) is 0 Å². The molecule has 1 aromatic carbocycles. The zero-order chi connectivity index (χ0) is 13.8. The van der Waals surface area contributed by atoms with Gasteiger partial charge in [0.15, 0.2) is 0 Å². The molecule has 0 saturated heterocycles. The molecule has 0 aliphatic heterocycles. The summed E-state index contributed by atoms with van der Waals surface area (Å²) >= 11 is 3.54. The molecule has 0 radical (unpaired) electrons. The molecule has 0 bridgehead atoms. The van der Waals surface area contributed by atoms with Crippen LogP contribution < -0.4 is 5.32 Å². The molecule has 2 nitrogen and oxygen atoms in total. The Kier molecular flexibility index (Phi) is 4.70. The van der Waals surface area contributed by atoms with E-state index in [0.717, 1.165) is 24.0 Å². The largest absolute Gasteiger partial charge is 0.379 e. The monoisotopic (exact) mass is 320 g/mol. The Bertz CT molecular complexity index is 535. The second kappa shape index (κ2) is 6.29. The molecular weight excluding hydrogens is 300 g/mol. The van der Waals surface area contributed by atoms with E-state index in [2.05, 4.69) is 77.0 Å². The molecule has 1 heterocycles. The molecule has 2 rings (SSSR count). The molecule has 19 heavy (non-hydrogen) atoms. The van der Waals surface area contributed by atoms with Gasteiger partial charge in [-0.25, -0.2) is 0 Å². The fourth-order valence-corrected chi connectivity index (χ4v) is 3.12. The summed E-state index contributed by atoms with van der Waals surface area (Å²) in [5.41, 5.74) is 5.14. The molecular formula is C16H21BrN2. The Morgan fingerprint density at radius 3 is 2.53 bits per heavy atom. The fourth-order valence-electron chi connectivity index (χ4n) is 2.44. The Hall–Kier alpha value is -1.22. The first-order valence-electron chi connectivity index (χ1n) is 6.76. The average Bonchev–Trinajstić information content (AvgIpc) is 2.76. The van der Waals surface area contributed by atoms with Gasteiger partial charge in [-0.1, -0.05) is 22.9 Å². The highest BCUT2D eigenvalue weighted by molar-refractivity contribution is 9.10. The van der Waals surface area contributed by atoms with E-state index in [1.165, 1.54) is 22.5 Å². The molecule has 1 aromatic heterocycles. The Balaban J connectivity index is 2.12. The first-order chi connectivity index (χ1) is 9.11. The topological polar surface area (TPSA) is 17.0 Å². The third kappa shape index (κ3) is 3.41. The van der Waals surface area contributed by atoms with Gasteiger partial charge in [-0.05, 0) is 55.7 Å². The minimum absolute atomic E-state index is 0.871. The molecule has 3 heteroatoms. The van der Waals surface area contributed by atoms with Crippen molar-refractivity contribution in [2.24, 2.45) is 0 Å². The van der Waals surface area contributed by atoms with Crippen LogP contribution in [0.2, 0.25) is 0 Å². The van der Waals surface area contributed by atoms with Crippen molar-refractivity contribution in [3.8, 4) is 0 Å². The lowest BCUT2D eigenvalue weighted by atomic mass is 10.1. The van der Waals surface area contributed by atoms with Crippen molar-refractivity contribution in [1.29, 1.82) is 0 Å². The van der Waals surface area contributed by atoms with Crippen LogP contribution in [-0.2, 0) is 13.1 Å². The SMILES string of the molecule is CCCn1cccc1CNc1c(C)cc(Br)cc1C. The van der Waals surface area contributed by atoms with Crippen LogP contribution in [0, 0.1) is 13.8 Å². The predicted molar refractivity (Wildman–Crippen MR) is 85.7 cm³/mol. The maximum atomic E-state index is 3.57. The van der Waals surface area contributed by atoms with Crippen molar-refractivity contribution in [1.82, 2.24) is 4.57 Å². The second-order valence-electron chi connectivity index (χ2n) is 4.96. The lowest BCUT2D eigenvalue weighted by Gasteiger charge is -2.15. The predicted octanol–water partition coefficient (Wildman–Crippen LogP) is 4.89. The third-order valence-corrected chi connectivity index (χ3v) is 3.79. The van der Waals surface area contributed by atoms with Crippen LogP contribution in [0.15, 0.2) is 34.9 Å². The Morgan fingerprint density at radius 1 is 1.21 bits per heavy atom. The van der Waals surface area contributed by atoms with Crippen LogP contribution in [0.5, 0.6) is 0 Å². The van der Waals surface area contributed by atoms with Crippen LogP contribution in [-0.4, -0.2) is 4.57 Å². The van der Waals surface area contributed by atoms with Crippen molar-refractivity contribution in [2.45, 2.75) is 40.3 Å². The molecule has 0 unspecified atom stereocenters. The summed E-state index contributed by atoms with van der Waals surface area (Å²) in [5.74, 6) is 0. The van der Waals surface area contributed by atoms with Gasteiger partial charge in [0, 0.05) is 28.6 Å². The van der Waals surface area contributed by atoms with Gasteiger partial charge in [0.2, 0.25) is 0 Å². The normalized spacial score (nSPS) is 10.7.